The predicted octanol–water partition coefficient (Wildman–Crippen LogP) is 4.35. The lowest BCUT2D eigenvalue weighted by molar-refractivity contribution is 0.0937. The fraction of sp³-hybridized carbons (Fsp3) is 0.308. The largest absolute Gasteiger partial charge is 0.345 e. The molecule has 1 amide bonds. The van der Waals surface area contributed by atoms with Crippen molar-refractivity contribution in [2.75, 3.05) is 0 Å². The van der Waals surface area contributed by atoms with Gasteiger partial charge in [0.1, 0.15) is 17.8 Å². The van der Waals surface area contributed by atoms with Crippen LogP contribution in [0.4, 0.5) is 13.2 Å². The summed E-state index contributed by atoms with van der Waals surface area (Å²) < 4.78 is 51.2. The molecular weight excluding hydrogens is 513 g/mol. The average Bonchev–Trinajstić information content (AvgIpc) is 3.63. The summed E-state index contributed by atoms with van der Waals surface area (Å²) in [6.45, 7) is 5.33. The van der Waals surface area contributed by atoms with E-state index in [1.165, 1.54) is 18.5 Å². The monoisotopic (exact) mass is 538 g/mol. The number of amides is 1. The van der Waals surface area contributed by atoms with Gasteiger partial charge < -0.3 is 9.84 Å². The van der Waals surface area contributed by atoms with Gasteiger partial charge in [-0.15, -0.1) is 0 Å². The Morgan fingerprint density at radius 2 is 1.95 bits per heavy atom. The van der Waals surface area contributed by atoms with Crippen molar-refractivity contribution >= 4 is 11.4 Å². The summed E-state index contributed by atoms with van der Waals surface area (Å²) in [6.07, 6.45) is 2.88. The first-order valence-electron chi connectivity index (χ1n) is 12.0. The zero-order chi connectivity index (χ0) is 27.9. The van der Waals surface area contributed by atoms with Crippen molar-refractivity contribution in [3.8, 4) is 22.4 Å². The Bertz CT molecular complexity index is 1670. The fourth-order valence-electron chi connectivity index (χ4n) is 4.13. The number of benzene rings is 1. The summed E-state index contributed by atoms with van der Waals surface area (Å²) in [5.41, 5.74) is 1.90. The number of aromatic nitrogens is 7. The lowest BCUT2D eigenvalue weighted by Crippen LogP contribution is -2.25. The number of carbonyl (C=O) groups excluding carboxylic acids is 1. The maximum atomic E-state index is 15.9. The summed E-state index contributed by atoms with van der Waals surface area (Å²) in [5.74, 6) is -1.44. The van der Waals surface area contributed by atoms with Crippen LogP contribution in [0.5, 0.6) is 0 Å². The Balaban J connectivity index is 1.47. The van der Waals surface area contributed by atoms with E-state index in [2.05, 4.69) is 30.6 Å². The van der Waals surface area contributed by atoms with Gasteiger partial charge in [0, 0.05) is 54.5 Å². The highest BCUT2D eigenvalue weighted by atomic mass is 19.3. The van der Waals surface area contributed by atoms with Crippen LogP contribution >= 0.6 is 0 Å². The minimum atomic E-state index is -2.81. The molecule has 202 valence electrons. The zero-order valence-electron chi connectivity index (χ0n) is 21.6. The molecule has 10 nitrogen and oxygen atoms in total. The number of hydrogen-bond donors (Lipinski definition) is 1. The number of nitrogens with zero attached hydrogens (tertiary/aromatic N) is 7. The molecule has 0 aliphatic carbocycles. The number of halogens is 3. The first kappa shape index (κ1) is 26.1. The summed E-state index contributed by atoms with van der Waals surface area (Å²) in [7, 11) is 1.79. The highest BCUT2D eigenvalue weighted by molar-refractivity contribution is 5.90. The van der Waals surface area contributed by atoms with Gasteiger partial charge in [-0.2, -0.15) is 15.2 Å². The molecule has 4 aromatic heterocycles. The van der Waals surface area contributed by atoms with Gasteiger partial charge in [0.15, 0.2) is 0 Å². The van der Waals surface area contributed by atoms with Gasteiger partial charge in [-0.3, -0.25) is 9.48 Å². The van der Waals surface area contributed by atoms with Crippen molar-refractivity contribution in [1.29, 1.82) is 0 Å². The smallest absolute Gasteiger partial charge is 0.292 e. The Kier molecular flexibility index (Phi) is 6.66. The first-order valence-corrected chi connectivity index (χ1v) is 12.0. The topological polar surface area (TPSA) is 116 Å². The molecule has 39 heavy (non-hydrogen) atoms. The van der Waals surface area contributed by atoms with E-state index in [1.807, 2.05) is 27.0 Å². The molecule has 1 aromatic carbocycles. The number of nitrogens with one attached hydrogen (secondary N) is 1. The van der Waals surface area contributed by atoms with E-state index < -0.39 is 30.0 Å². The molecule has 4 heterocycles. The second-order valence-electron chi connectivity index (χ2n) is 10.1. The van der Waals surface area contributed by atoms with E-state index in [0.29, 0.717) is 5.52 Å². The van der Waals surface area contributed by atoms with Gasteiger partial charge in [0.05, 0.1) is 11.7 Å². The predicted molar refractivity (Wildman–Crippen MR) is 134 cm³/mol. The summed E-state index contributed by atoms with van der Waals surface area (Å²) >= 11 is 0. The third-order valence-corrected chi connectivity index (χ3v) is 6.11. The number of carbonyl (C=O) groups is 1. The molecule has 0 atom stereocenters. The Hall–Kier alpha value is -4.55. The van der Waals surface area contributed by atoms with Crippen LogP contribution in [-0.4, -0.2) is 46.9 Å². The number of fused-ring (bicyclic) bond motifs is 1. The van der Waals surface area contributed by atoms with Crippen molar-refractivity contribution in [2.24, 2.45) is 7.05 Å². The van der Waals surface area contributed by atoms with Crippen LogP contribution in [0.15, 0.2) is 47.6 Å². The van der Waals surface area contributed by atoms with Gasteiger partial charge >= 0.3 is 0 Å². The minimum absolute atomic E-state index is 0.0388. The Morgan fingerprint density at radius 1 is 1.15 bits per heavy atom. The molecule has 1 N–H and O–H groups in total. The normalized spacial score (nSPS) is 12.0. The first-order chi connectivity index (χ1) is 18.5. The van der Waals surface area contributed by atoms with Gasteiger partial charge in [-0.25, -0.2) is 22.7 Å². The molecule has 0 fully saturated rings. The van der Waals surface area contributed by atoms with Crippen LogP contribution in [0, 0.1) is 5.82 Å². The van der Waals surface area contributed by atoms with Gasteiger partial charge in [0.2, 0.25) is 12.3 Å². The third-order valence-electron chi connectivity index (χ3n) is 6.11. The van der Waals surface area contributed by atoms with Crippen LogP contribution in [-0.2, 0) is 25.4 Å². The highest BCUT2D eigenvalue weighted by Crippen LogP contribution is 2.32. The maximum absolute atomic E-state index is 15.9. The number of hydrogen-bond acceptors (Lipinski definition) is 7. The summed E-state index contributed by atoms with van der Waals surface area (Å²) in [6, 6.07) is 4.73. The quantitative estimate of drug-likeness (QED) is 0.327. The van der Waals surface area contributed by atoms with Crippen molar-refractivity contribution in [2.45, 2.75) is 45.6 Å². The van der Waals surface area contributed by atoms with E-state index in [1.54, 1.807) is 34.7 Å². The molecule has 0 saturated heterocycles. The molecule has 0 saturated carbocycles. The van der Waals surface area contributed by atoms with Crippen LogP contribution in [0.25, 0.3) is 27.9 Å². The van der Waals surface area contributed by atoms with Crippen molar-refractivity contribution in [1.82, 2.24) is 39.8 Å². The van der Waals surface area contributed by atoms with Crippen molar-refractivity contribution in [3.63, 3.8) is 0 Å². The molecule has 0 bridgehead atoms. The molecule has 5 aromatic rings. The van der Waals surface area contributed by atoms with Crippen molar-refractivity contribution < 1.29 is 22.5 Å². The molecule has 0 radical (unpaired) electrons. The Morgan fingerprint density at radius 3 is 2.62 bits per heavy atom. The second-order valence-corrected chi connectivity index (χ2v) is 10.1. The van der Waals surface area contributed by atoms with Gasteiger partial charge in [0.25, 0.3) is 11.7 Å². The zero-order valence-corrected chi connectivity index (χ0v) is 21.6. The van der Waals surface area contributed by atoms with E-state index >= 15 is 4.39 Å². The van der Waals surface area contributed by atoms with E-state index in [9.17, 15) is 13.6 Å². The van der Waals surface area contributed by atoms with Crippen LogP contribution < -0.4 is 5.32 Å². The molecule has 0 aliphatic heterocycles. The lowest BCUT2D eigenvalue weighted by Gasteiger charge is -2.14. The van der Waals surface area contributed by atoms with Gasteiger partial charge in [-0.05, 0) is 23.3 Å². The fourth-order valence-corrected chi connectivity index (χ4v) is 4.13. The highest BCUT2D eigenvalue weighted by Gasteiger charge is 2.25. The van der Waals surface area contributed by atoms with E-state index in [4.69, 9.17) is 4.52 Å². The molecule has 0 aliphatic rings. The number of alkyl halides is 2. The molecule has 0 unspecified atom stereocenters. The second kappa shape index (κ2) is 9.97. The molecule has 13 heteroatoms. The van der Waals surface area contributed by atoms with Crippen molar-refractivity contribution in [3.05, 3.63) is 71.8 Å². The molecule has 5 rings (SSSR count). The molecular formula is C26H25F3N8O2. The maximum Gasteiger partial charge on any atom is 0.292 e. The number of aryl methyl sites for hydroxylation is 1. The summed E-state index contributed by atoms with van der Waals surface area (Å²) in [4.78, 5) is 20.9. The van der Waals surface area contributed by atoms with Crippen LogP contribution in [0.1, 0.15) is 48.4 Å². The van der Waals surface area contributed by atoms with Crippen LogP contribution in [0.3, 0.4) is 0 Å². The van der Waals surface area contributed by atoms with E-state index in [-0.39, 0.29) is 40.6 Å². The third kappa shape index (κ3) is 5.24. The molecule has 0 spiro atoms. The minimum Gasteiger partial charge on any atom is -0.345 e. The average molecular weight is 539 g/mol. The number of rotatable bonds is 7. The van der Waals surface area contributed by atoms with Gasteiger partial charge in [-0.1, -0.05) is 32.0 Å². The SMILES string of the molecule is Cn1cc(-c2cc3c(-c4ccc(CNC(=O)c5noc(C(C)(C)C)n5)c(CC(F)F)c4F)ncnn3c2)cn1. The Labute approximate surface area is 220 Å². The standard InChI is InChI=1S/C26H25F3N8O2/c1-26(2,3)25-34-23(35-39-25)24(38)30-9-14-5-6-17(21(29)18(14)8-20(27)28)22-19-7-15(12-37(19)33-13-31-22)16-10-32-36(4)11-16/h5-7,10-13,20H,8-9H2,1-4H3,(H,30,38). The summed E-state index contributed by atoms with van der Waals surface area (Å²) in [5, 5.41) is 14.6. The lowest BCUT2D eigenvalue weighted by atomic mass is 9.97. The van der Waals surface area contributed by atoms with E-state index in [0.717, 1.165) is 11.1 Å². The van der Waals surface area contributed by atoms with Crippen LogP contribution in [0.2, 0.25) is 0 Å².